The van der Waals surface area contributed by atoms with Crippen LogP contribution >= 0.6 is 11.3 Å². The molecule has 0 spiro atoms. The number of hydrogen-bond donors (Lipinski definition) is 1. The molecular weight excluding hydrogens is 263 g/mol. The highest BCUT2D eigenvalue weighted by molar-refractivity contribution is 7.15. The molecule has 1 heterocycles. The van der Waals surface area contributed by atoms with E-state index in [9.17, 15) is 4.39 Å². The first-order chi connectivity index (χ1) is 9.19. The fourth-order valence-corrected chi connectivity index (χ4v) is 3.03. The van der Waals surface area contributed by atoms with Gasteiger partial charge >= 0.3 is 0 Å². The highest BCUT2D eigenvalue weighted by atomic mass is 32.1. The lowest BCUT2D eigenvalue weighted by Gasteiger charge is -2.03. The number of aryl methyl sites for hydroxylation is 1. The number of aromatic nitrogens is 1. The topological polar surface area (TPSA) is 34.1 Å². The first-order valence-corrected chi connectivity index (χ1v) is 6.98. The third-order valence-corrected chi connectivity index (χ3v) is 4.00. The fraction of sp³-hybridized carbons (Fsp3) is 0.357. The van der Waals surface area contributed by atoms with Crippen LogP contribution in [0.1, 0.15) is 17.5 Å². The van der Waals surface area contributed by atoms with Crippen LogP contribution in [-0.4, -0.2) is 19.1 Å². The second-order valence-electron chi connectivity index (χ2n) is 4.12. The number of thiazole rings is 1. The van der Waals surface area contributed by atoms with Crippen molar-refractivity contribution in [3.8, 4) is 16.3 Å². The Bertz CT molecular complexity index is 569. The van der Waals surface area contributed by atoms with Crippen molar-refractivity contribution in [3.63, 3.8) is 0 Å². The lowest BCUT2D eigenvalue weighted by molar-refractivity contribution is 0.387. The molecule has 0 radical (unpaired) electrons. The number of methoxy groups -OCH3 is 1. The molecule has 0 unspecified atom stereocenters. The predicted octanol–water partition coefficient (Wildman–Crippen LogP) is 3.24. The molecule has 0 saturated heterocycles. The van der Waals surface area contributed by atoms with E-state index in [2.05, 4.69) is 17.2 Å². The maximum absolute atomic E-state index is 13.4. The molecule has 102 valence electrons. The summed E-state index contributed by atoms with van der Waals surface area (Å²) in [6.07, 6.45) is 0.895. The predicted molar refractivity (Wildman–Crippen MR) is 76.2 cm³/mol. The number of benzene rings is 1. The van der Waals surface area contributed by atoms with E-state index in [0.717, 1.165) is 29.2 Å². The molecule has 0 atom stereocenters. The van der Waals surface area contributed by atoms with Crippen LogP contribution in [0.25, 0.3) is 10.6 Å². The van der Waals surface area contributed by atoms with Gasteiger partial charge in [0.2, 0.25) is 0 Å². The minimum absolute atomic E-state index is 0.251. The fourth-order valence-electron chi connectivity index (χ4n) is 1.87. The lowest BCUT2D eigenvalue weighted by atomic mass is 10.2. The third kappa shape index (κ3) is 2.93. The van der Waals surface area contributed by atoms with Gasteiger partial charge in [0.25, 0.3) is 0 Å². The van der Waals surface area contributed by atoms with Crippen LogP contribution in [0.2, 0.25) is 0 Å². The summed E-state index contributed by atoms with van der Waals surface area (Å²) >= 11 is 1.64. The lowest BCUT2D eigenvalue weighted by Crippen LogP contribution is -2.05. The molecule has 0 amide bonds. The molecule has 0 aliphatic rings. The summed E-state index contributed by atoms with van der Waals surface area (Å²) in [6, 6.07) is 4.84. The van der Waals surface area contributed by atoms with Gasteiger partial charge in [-0.25, -0.2) is 9.37 Å². The van der Waals surface area contributed by atoms with Crippen LogP contribution in [0.15, 0.2) is 18.2 Å². The van der Waals surface area contributed by atoms with Crippen LogP contribution in [0.5, 0.6) is 5.75 Å². The summed E-state index contributed by atoms with van der Waals surface area (Å²) in [5, 5.41) is 4.04. The summed E-state index contributed by atoms with van der Waals surface area (Å²) in [5.74, 6) is -0.102. The molecule has 3 nitrogen and oxygen atoms in total. The normalized spacial score (nSPS) is 10.7. The molecule has 19 heavy (non-hydrogen) atoms. The average Bonchev–Trinajstić information content (AvgIpc) is 2.83. The minimum atomic E-state index is -0.353. The molecule has 2 aromatic rings. The van der Waals surface area contributed by atoms with Gasteiger partial charge in [-0.2, -0.15) is 0 Å². The van der Waals surface area contributed by atoms with Gasteiger partial charge in [0.1, 0.15) is 5.01 Å². The van der Waals surface area contributed by atoms with Gasteiger partial charge in [-0.15, -0.1) is 11.3 Å². The average molecular weight is 280 g/mol. The van der Waals surface area contributed by atoms with E-state index >= 15 is 0 Å². The summed E-state index contributed by atoms with van der Waals surface area (Å²) in [5.41, 5.74) is 1.98. The number of nitrogens with one attached hydrogen (secondary N) is 1. The summed E-state index contributed by atoms with van der Waals surface area (Å²) in [6.45, 7) is 2.89. The second kappa shape index (κ2) is 6.12. The van der Waals surface area contributed by atoms with Crippen LogP contribution in [0.4, 0.5) is 4.39 Å². The van der Waals surface area contributed by atoms with Crippen molar-refractivity contribution >= 4 is 11.3 Å². The van der Waals surface area contributed by atoms with Crippen molar-refractivity contribution in [1.82, 2.24) is 10.3 Å². The highest BCUT2D eigenvalue weighted by Gasteiger charge is 2.12. The zero-order valence-electron chi connectivity index (χ0n) is 11.3. The third-order valence-electron chi connectivity index (χ3n) is 2.85. The van der Waals surface area contributed by atoms with Crippen LogP contribution in [-0.2, 0) is 13.0 Å². The SMILES string of the molecule is CCc1nc(-c2ccc(F)c(OC)c2)sc1CNC. The molecular formula is C14H17FN2OS. The summed E-state index contributed by atoms with van der Waals surface area (Å²) in [7, 11) is 3.38. The molecule has 0 fully saturated rings. The van der Waals surface area contributed by atoms with E-state index < -0.39 is 0 Å². The van der Waals surface area contributed by atoms with E-state index in [1.54, 1.807) is 23.5 Å². The zero-order valence-corrected chi connectivity index (χ0v) is 12.1. The van der Waals surface area contributed by atoms with Gasteiger partial charge in [0.15, 0.2) is 11.6 Å². The Hall–Kier alpha value is -1.46. The zero-order chi connectivity index (χ0) is 13.8. The summed E-state index contributed by atoms with van der Waals surface area (Å²) < 4.78 is 18.4. The Labute approximate surface area is 116 Å². The largest absolute Gasteiger partial charge is 0.494 e. The van der Waals surface area contributed by atoms with Gasteiger partial charge < -0.3 is 10.1 Å². The number of ether oxygens (including phenoxy) is 1. The molecule has 0 saturated carbocycles. The molecule has 2 rings (SSSR count). The van der Waals surface area contributed by atoms with Crippen molar-refractivity contribution in [2.45, 2.75) is 19.9 Å². The van der Waals surface area contributed by atoms with E-state index in [-0.39, 0.29) is 11.6 Å². The highest BCUT2D eigenvalue weighted by Crippen LogP contribution is 2.31. The van der Waals surface area contributed by atoms with E-state index in [4.69, 9.17) is 4.74 Å². The minimum Gasteiger partial charge on any atom is -0.494 e. The maximum atomic E-state index is 13.4. The smallest absolute Gasteiger partial charge is 0.165 e. The first kappa shape index (κ1) is 14.0. The number of rotatable bonds is 5. The number of hydrogen-bond acceptors (Lipinski definition) is 4. The van der Waals surface area contributed by atoms with Crippen LogP contribution < -0.4 is 10.1 Å². The van der Waals surface area contributed by atoms with E-state index in [1.807, 2.05) is 7.05 Å². The van der Waals surface area contributed by atoms with Gasteiger partial charge in [0.05, 0.1) is 12.8 Å². The Morgan fingerprint density at radius 2 is 2.21 bits per heavy atom. The number of halogens is 1. The molecule has 5 heteroatoms. The van der Waals surface area contributed by atoms with Crippen molar-refractivity contribution in [2.24, 2.45) is 0 Å². The first-order valence-electron chi connectivity index (χ1n) is 6.16. The van der Waals surface area contributed by atoms with Crippen LogP contribution in [0.3, 0.4) is 0 Å². The Kier molecular flexibility index (Phi) is 4.50. The van der Waals surface area contributed by atoms with Crippen molar-refractivity contribution < 1.29 is 9.13 Å². The van der Waals surface area contributed by atoms with Gasteiger partial charge in [-0.3, -0.25) is 0 Å². The Balaban J connectivity index is 2.41. The monoisotopic (exact) mass is 280 g/mol. The van der Waals surface area contributed by atoms with Gasteiger partial charge in [-0.1, -0.05) is 6.92 Å². The molecule has 1 N–H and O–H groups in total. The number of nitrogens with zero attached hydrogens (tertiary/aromatic N) is 1. The van der Waals surface area contributed by atoms with Crippen molar-refractivity contribution in [3.05, 3.63) is 34.6 Å². The second-order valence-corrected chi connectivity index (χ2v) is 5.21. The van der Waals surface area contributed by atoms with Gasteiger partial charge in [0, 0.05) is 17.0 Å². The maximum Gasteiger partial charge on any atom is 0.165 e. The molecule has 0 aliphatic carbocycles. The van der Waals surface area contributed by atoms with Crippen molar-refractivity contribution in [2.75, 3.05) is 14.2 Å². The Morgan fingerprint density at radius 3 is 2.84 bits per heavy atom. The van der Waals surface area contributed by atoms with Crippen LogP contribution in [0, 0.1) is 5.82 Å². The quantitative estimate of drug-likeness (QED) is 0.913. The standard InChI is InChI=1S/C14H17FN2OS/c1-4-11-13(8-16-2)19-14(17-11)9-5-6-10(15)12(7-9)18-3/h5-7,16H,4,8H2,1-3H3. The molecule has 1 aromatic carbocycles. The van der Waals surface area contributed by atoms with Crippen molar-refractivity contribution in [1.29, 1.82) is 0 Å². The molecule has 0 bridgehead atoms. The summed E-state index contributed by atoms with van der Waals surface area (Å²) in [4.78, 5) is 5.85. The molecule has 1 aromatic heterocycles. The van der Waals surface area contributed by atoms with E-state index in [1.165, 1.54) is 18.1 Å². The van der Waals surface area contributed by atoms with E-state index in [0.29, 0.717) is 0 Å². The molecule has 0 aliphatic heterocycles. The van der Waals surface area contributed by atoms with Gasteiger partial charge in [-0.05, 0) is 31.7 Å². The Morgan fingerprint density at radius 1 is 1.42 bits per heavy atom.